The summed E-state index contributed by atoms with van der Waals surface area (Å²) < 4.78 is 1.05. The standard InChI is InChI=1S/C11H13BrN2O/c1-14(2)7-10-4-3-9(5-11(10)12)6-13-8-15/h3-5H,6-7H2,1-2H3. The Morgan fingerprint density at radius 3 is 2.73 bits per heavy atom. The second-order valence-corrected chi connectivity index (χ2v) is 4.43. The van der Waals surface area contributed by atoms with Gasteiger partial charge in [-0.25, -0.2) is 9.79 Å². The number of hydrogen-bond donors (Lipinski definition) is 0. The Kier molecular flexibility index (Phi) is 4.69. The maximum atomic E-state index is 9.97. The van der Waals surface area contributed by atoms with E-state index in [1.54, 1.807) is 0 Å². The molecule has 0 bridgehead atoms. The summed E-state index contributed by atoms with van der Waals surface area (Å²) in [4.78, 5) is 15.6. The minimum atomic E-state index is 0.393. The van der Waals surface area contributed by atoms with Crippen molar-refractivity contribution in [3.05, 3.63) is 33.8 Å². The number of rotatable bonds is 4. The van der Waals surface area contributed by atoms with Gasteiger partial charge < -0.3 is 4.90 Å². The first-order valence-electron chi connectivity index (χ1n) is 4.59. The third-order valence-electron chi connectivity index (χ3n) is 1.93. The van der Waals surface area contributed by atoms with Gasteiger partial charge in [-0.3, -0.25) is 0 Å². The molecule has 0 spiro atoms. The first kappa shape index (κ1) is 12.1. The molecule has 1 rings (SSSR count). The SMILES string of the molecule is CN(C)Cc1ccc(CN=C=O)cc1Br. The molecule has 80 valence electrons. The maximum absolute atomic E-state index is 9.97. The first-order chi connectivity index (χ1) is 7.13. The largest absolute Gasteiger partial charge is 0.305 e. The Morgan fingerprint density at radius 1 is 1.47 bits per heavy atom. The highest BCUT2D eigenvalue weighted by molar-refractivity contribution is 9.10. The lowest BCUT2D eigenvalue weighted by Crippen LogP contribution is -2.11. The molecular formula is C11H13BrN2O. The summed E-state index contributed by atoms with van der Waals surface area (Å²) in [5.74, 6) is 0. The number of nitrogens with zero attached hydrogens (tertiary/aromatic N) is 2. The number of halogens is 1. The van der Waals surface area contributed by atoms with E-state index in [9.17, 15) is 4.79 Å². The van der Waals surface area contributed by atoms with Crippen LogP contribution in [0.2, 0.25) is 0 Å². The zero-order chi connectivity index (χ0) is 11.3. The van der Waals surface area contributed by atoms with Gasteiger partial charge in [0.05, 0.1) is 6.54 Å². The summed E-state index contributed by atoms with van der Waals surface area (Å²) in [7, 11) is 4.05. The van der Waals surface area contributed by atoms with Crippen molar-refractivity contribution < 1.29 is 4.79 Å². The van der Waals surface area contributed by atoms with Crippen LogP contribution in [0.4, 0.5) is 0 Å². The average Bonchev–Trinajstić information content (AvgIpc) is 2.18. The van der Waals surface area contributed by atoms with Crippen molar-refractivity contribution in [1.29, 1.82) is 0 Å². The second kappa shape index (κ2) is 5.81. The highest BCUT2D eigenvalue weighted by Gasteiger charge is 2.02. The number of aliphatic imine (C=N–C) groups is 1. The molecule has 0 aromatic heterocycles. The van der Waals surface area contributed by atoms with Gasteiger partial charge in [0.2, 0.25) is 6.08 Å². The quantitative estimate of drug-likeness (QED) is 0.621. The van der Waals surface area contributed by atoms with Crippen LogP contribution in [-0.4, -0.2) is 25.1 Å². The van der Waals surface area contributed by atoms with Crippen LogP contribution in [0.25, 0.3) is 0 Å². The lowest BCUT2D eigenvalue weighted by Gasteiger charge is -2.11. The molecule has 1 aromatic rings. The smallest absolute Gasteiger partial charge is 0.235 e. The summed E-state index contributed by atoms with van der Waals surface area (Å²) in [5.41, 5.74) is 2.23. The minimum Gasteiger partial charge on any atom is -0.305 e. The zero-order valence-corrected chi connectivity index (χ0v) is 10.4. The average molecular weight is 269 g/mol. The van der Waals surface area contributed by atoms with Crippen molar-refractivity contribution in [2.75, 3.05) is 14.1 Å². The van der Waals surface area contributed by atoms with Crippen LogP contribution in [0.5, 0.6) is 0 Å². The molecule has 0 atom stereocenters. The van der Waals surface area contributed by atoms with Crippen molar-refractivity contribution in [2.45, 2.75) is 13.1 Å². The van der Waals surface area contributed by atoms with Crippen LogP contribution in [0.3, 0.4) is 0 Å². The number of hydrogen-bond acceptors (Lipinski definition) is 3. The molecule has 0 amide bonds. The van der Waals surface area contributed by atoms with E-state index in [1.807, 2.05) is 32.3 Å². The highest BCUT2D eigenvalue weighted by atomic mass is 79.9. The van der Waals surface area contributed by atoms with E-state index in [2.05, 4.69) is 25.8 Å². The molecule has 0 saturated carbocycles. The van der Waals surface area contributed by atoms with Gasteiger partial charge in [0.1, 0.15) is 0 Å². The molecule has 0 aliphatic carbocycles. The topological polar surface area (TPSA) is 32.7 Å². The van der Waals surface area contributed by atoms with Gasteiger partial charge in [-0.05, 0) is 31.3 Å². The number of benzene rings is 1. The third kappa shape index (κ3) is 3.96. The van der Waals surface area contributed by atoms with Crippen molar-refractivity contribution in [3.63, 3.8) is 0 Å². The van der Waals surface area contributed by atoms with E-state index < -0.39 is 0 Å². The van der Waals surface area contributed by atoms with Gasteiger partial charge in [0.25, 0.3) is 0 Å². The van der Waals surface area contributed by atoms with Crippen LogP contribution in [0, 0.1) is 0 Å². The van der Waals surface area contributed by atoms with Crippen LogP contribution in [0.15, 0.2) is 27.7 Å². The van der Waals surface area contributed by atoms with Crippen LogP contribution < -0.4 is 0 Å². The van der Waals surface area contributed by atoms with Gasteiger partial charge in [-0.15, -0.1) is 0 Å². The lowest BCUT2D eigenvalue weighted by atomic mass is 10.1. The minimum absolute atomic E-state index is 0.393. The number of carbonyl (C=O) groups excluding carboxylic acids is 1. The Morgan fingerprint density at radius 2 is 2.20 bits per heavy atom. The highest BCUT2D eigenvalue weighted by Crippen LogP contribution is 2.20. The van der Waals surface area contributed by atoms with E-state index >= 15 is 0 Å². The predicted octanol–water partition coefficient (Wildman–Crippen LogP) is 2.35. The maximum Gasteiger partial charge on any atom is 0.235 e. The molecule has 0 aliphatic heterocycles. The normalized spacial score (nSPS) is 10.1. The predicted molar refractivity (Wildman–Crippen MR) is 63.4 cm³/mol. The van der Waals surface area contributed by atoms with Crippen LogP contribution in [0.1, 0.15) is 11.1 Å². The van der Waals surface area contributed by atoms with E-state index in [1.165, 1.54) is 11.6 Å². The van der Waals surface area contributed by atoms with Crippen molar-refractivity contribution in [3.8, 4) is 0 Å². The first-order valence-corrected chi connectivity index (χ1v) is 5.38. The molecule has 3 nitrogen and oxygen atoms in total. The summed E-state index contributed by atoms with van der Waals surface area (Å²) in [6.45, 7) is 1.28. The third-order valence-corrected chi connectivity index (χ3v) is 2.67. The molecule has 0 aliphatic rings. The summed E-state index contributed by atoms with van der Waals surface area (Å²) in [5, 5.41) is 0. The summed E-state index contributed by atoms with van der Waals surface area (Å²) in [6.07, 6.45) is 1.53. The fraction of sp³-hybridized carbons (Fsp3) is 0.364. The summed E-state index contributed by atoms with van der Waals surface area (Å²) >= 11 is 3.50. The number of isocyanates is 1. The van der Waals surface area contributed by atoms with Gasteiger partial charge >= 0.3 is 0 Å². The van der Waals surface area contributed by atoms with Crippen molar-refractivity contribution in [1.82, 2.24) is 4.90 Å². The molecule has 4 heteroatoms. The van der Waals surface area contributed by atoms with E-state index in [0.717, 1.165) is 16.6 Å². The van der Waals surface area contributed by atoms with Crippen LogP contribution >= 0.6 is 15.9 Å². The molecule has 0 radical (unpaired) electrons. The Bertz CT molecular complexity index is 384. The summed E-state index contributed by atoms with van der Waals surface area (Å²) in [6, 6.07) is 6.00. The van der Waals surface area contributed by atoms with Crippen molar-refractivity contribution in [2.24, 2.45) is 4.99 Å². The molecule has 15 heavy (non-hydrogen) atoms. The molecule has 0 saturated heterocycles. The Hall–Kier alpha value is -0.960. The van der Waals surface area contributed by atoms with Gasteiger partial charge in [-0.1, -0.05) is 28.1 Å². The van der Waals surface area contributed by atoms with Crippen LogP contribution in [-0.2, 0) is 17.9 Å². The van der Waals surface area contributed by atoms with Crippen molar-refractivity contribution >= 4 is 22.0 Å². The Labute approximate surface area is 97.9 Å². The Balaban J connectivity index is 2.82. The molecule has 1 aromatic carbocycles. The lowest BCUT2D eigenvalue weighted by molar-refractivity contribution is 0.401. The van der Waals surface area contributed by atoms with Gasteiger partial charge in [0.15, 0.2) is 0 Å². The molecule has 0 heterocycles. The molecule has 0 fully saturated rings. The monoisotopic (exact) mass is 268 g/mol. The van der Waals surface area contributed by atoms with E-state index in [-0.39, 0.29) is 0 Å². The zero-order valence-electron chi connectivity index (χ0n) is 8.83. The fourth-order valence-electron chi connectivity index (χ4n) is 1.28. The van der Waals surface area contributed by atoms with E-state index in [4.69, 9.17) is 0 Å². The molecular weight excluding hydrogens is 256 g/mol. The van der Waals surface area contributed by atoms with E-state index in [0.29, 0.717) is 6.54 Å². The fourth-order valence-corrected chi connectivity index (χ4v) is 1.83. The van der Waals surface area contributed by atoms with Gasteiger partial charge in [0, 0.05) is 11.0 Å². The molecule has 0 unspecified atom stereocenters. The van der Waals surface area contributed by atoms with Gasteiger partial charge in [-0.2, -0.15) is 0 Å². The molecule has 0 N–H and O–H groups in total. The second-order valence-electron chi connectivity index (χ2n) is 3.57.